The van der Waals surface area contributed by atoms with Crippen LogP contribution < -0.4 is 15.0 Å². The summed E-state index contributed by atoms with van der Waals surface area (Å²) in [6.07, 6.45) is 2.60. The molecule has 0 aliphatic carbocycles. The molecule has 1 N–H and O–H groups in total. The zero-order chi connectivity index (χ0) is 13.0. The molecule has 1 aliphatic rings. The highest BCUT2D eigenvalue weighted by molar-refractivity contribution is 5.61. The van der Waals surface area contributed by atoms with Crippen LogP contribution in [0, 0.1) is 0 Å². The van der Waals surface area contributed by atoms with Crippen molar-refractivity contribution in [1.82, 2.24) is 5.32 Å². The van der Waals surface area contributed by atoms with Crippen LogP contribution in [0.4, 0.5) is 5.69 Å². The fourth-order valence-electron chi connectivity index (χ4n) is 2.79. The monoisotopic (exact) mass is 248 g/mol. The number of ether oxygens (including phenoxy) is 1. The molecule has 1 aliphatic heterocycles. The Balaban J connectivity index is 2.37. The van der Waals surface area contributed by atoms with Crippen LogP contribution in [0.2, 0.25) is 0 Å². The minimum absolute atomic E-state index is 0.321. The third-order valence-corrected chi connectivity index (χ3v) is 3.65. The summed E-state index contributed by atoms with van der Waals surface area (Å²) in [4.78, 5) is 2.48. The summed E-state index contributed by atoms with van der Waals surface area (Å²) >= 11 is 0. The number of hydrogen-bond donors (Lipinski definition) is 1. The molecule has 1 unspecified atom stereocenters. The van der Waals surface area contributed by atoms with Crippen molar-refractivity contribution in [2.45, 2.75) is 32.7 Å². The molecular formula is C15H24N2O. The van der Waals surface area contributed by atoms with E-state index in [2.05, 4.69) is 42.3 Å². The summed E-state index contributed by atoms with van der Waals surface area (Å²) in [5.41, 5.74) is 2.63. The minimum Gasteiger partial charge on any atom is -0.496 e. The Morgan fingerprint density at radius 2 is 2.06 bits per heavy atom. The van der Waals surface area contributed by atoms with Crippen molar-refractivity contribution in [3.8, 4) is 5.75 Å². The Hall–Kier alpha value is -1.22. The van der Waals surface area contributed by atoms with Gasteiger partial charge in [-0.15, -0.1) is 0 Å². The molecule has 0 aromatic heterocycles. The van der Waals surface area contributed by atoms with Crippen molar-refractivity contribution in [2.24, 2.45) is 0 Å². The number of nitrogens with one attached hydrogen (secondary N) is 1. The molecule has 18 heavy (non-hydrogen) atoms. The minimum atomic E-state index is 0.321. The fourth-order valence-corrected chi connectivity index (χ4v) is 2.79. The first-order valence-corrected chi connectivity index (χ1v) is 6.93. The molecular weight excluding hydrogens is 224 g/mol. The second kappa shape index (κ2) is 6.10. The van der Waals surface area contributed by atoms with Gasteiger partial charge in [-0.1, -0.05) is 13.0 Å². The van der Waals surface area contributed by atoms with Gasteiger partial charge in [0.2, 0.25) is 0 Å². The molecule has 1 aromatic carbocycles. The Morgan fingerprint density at radius 3 is 2.67 bits per heavy atom. The van der Waals surface area contributed by atoms with Gasteiger partial charge in [0, 0.05) is 30.4 Å². The van der Waals surface area contributed by atoms with Gasteiger partial charge in [-0.3, -0.25) is 0 Å². The Kier molecular flexibility index (Phi) is 4.48. The second-order valence-corrected chi connectivity index (χ2v) is 4.87. The maximum Gasteiger partial charge on any atom is 0.125 e. The van der Waals surface area contributed by atoms with Gasteiger partial charge in [-0.05, 0) is 38.4 Å². The zero-order valence-electron chi connectivity index (χ0n) is 11.7. The van der Waals surface area contributed by atoms with Gasteiger partial charge >= 0.3 is 0 Å². The highest BCUT2D eigenvalue weighted by Crippen LogP contribution is 2.35. The molecule has 2 rings (SSSR count). The zero-order valence-corrected chi connectivity index (χ0v) is 11.7. The van der Waals surface area contributed by atoms with Crippen LogP contribution in [0.15, 0.2) is 18.2 Å². The first kappa shape index (κ1) is 13.2. The van der Waals surface area contributed by atoms with Crippen LogP contribution in [0.25, 0.3) is 0 Å². The Bertz CT molecular complexity index is 386. The SMILES string of the molecule is CCNC(C)c1c(OC)cccc1N1CCCC1. The third kappa shape index (κ3) is 2.61. The van der Waals surface area contributed by atoms with Gasteiger partial charge in [-0.2, -0.15) is 0 Å². The number of methoxy groups -OCH3 is 1. The molecule has 0 spiro atoms. The lowest BCUT2D eigenvalue weighted by Crippen LogP contribution is -2.24. The molecule has 1 saturated heterocycles. The van der Waals surface area contributed by atoms with Gasteiger partial charge in [0.25, 0.3) is 0 Å². The lowest BCUT2D eigenvalue weighted by Gasteiger charge is -2.26. The van der Waals surface area contributed by atoms with Crippen LogP contribution in [-0.2, 0) is 0 Å². The lowest BCUT2D eigenvalue weighted by atomic mass is 10.0. The summed E-state index contributed by atoms with van der Waals surface area (Å²) in [6, 6.07) is 6.69. The highest BCUT2D eigenvalue weighted by atomic mass is 16.5. The van der Waals surface area contributed by atoms with Gasteiger partial charge < -0.3 is 15.0 Å². The van der Waals surface area contributed by atoms with Crippen LogP contribution in [-0.4, -0.2) is 26.7 Å². The average molecular weight is 248 g/mol. The van der Waals surface area contributed by atoms with E-state index < -0.39 is 0 Å². The van der Waals surface area contributed by atoms with Crippen molar-refractivity contribution in [1.29, 1.82) is 0 Å². The largest absolute Gasteiger partial charge is 0.496 e. The number of rotatable bonds is 5. The Morgan fingerprint density at radius 1 is 1.33 bits per heavy atom. The summed E-state index contributed by atoms with van der Waals surface area (Å²) in [5, 5.41) is 3.49. The molecule has 0 radical (unpaired) electrons. The normalized spacial score (nSPS) is 16.9. The maximum absolute atomic E-state index is 5.55. The predicted octanol–water partition coefficient (Wildman–Crippen LogP) is 2.97. The standard InChI is InChI=1S/C15H24N2O/c1-4-16-12(2)15-13(17-10-5-6-11-17)8-7-9-14(15)18-3/h7-9,12,16H,4-6,10-11H2,1-3H3. The van der Waals surface area contributed by atoms with Crippen molar-refractivity contribution in [3.05, 3.63) is 23.8 Å². The van der Waals surface area contributed by atoms with E-state index in [1.165, 1.54) is 37.2 Å². The summed E-state index contributed by atoms with van der Waals surface area (Å²) in [7, 11) is 1.76. The summed E-state index contributed by atoms with van der Waals surface area (Å²) < 4.78 is 5.55. The topological polar surface area (TPSA) is 24.5 Å². The van der Waals surface area contributed by atoms with Crippen LogP contribution in [0.1, 0.15) is 38.3 Å². The highest BCUT2D eigenvalue weighted by Gasteiger charge is 2.21. The van der Waals surface area contributed by atoms with Crippen molar-refractivity contribution < 1.29 is 4.74 Å². The number of benzene rings is 1. The molecule has 3 heteroatoms. The first-order chi connectivity index (χ1) is 8.77. The van der Waals surface area contributed by atoms with Gasteiger partial charge in [0.05, 0.1) is 7.11 Å². The van der Waals surface area contributed by atoms with E-state index in [0.717, 1.165) is 12.3 Å². The number of hydrogen-bond acceptors (Lipinski definition) is 3. The summed E-state index contributed by atoms with van der Waals surface area (Å²) in [5.74, 6) is 0.993. The smallest absolute Gasteiger partial charge is 0.125 e. The van der Waals surface area contributed by atoms with E-state index in [-0.39, 0.29) is 0 Å². The number of nitrogens with zero attached hydrogens (tertiary/aromatic N) is 1. The maximum atomic E-state index is 5.55. The van der Waals surface area contributed by atoms with Gasteiger partial charge in [-0.25, -0.2) is 0 Å². The van der Waals surface area contributed by atoms with Gasteiger partial charge in [0.15, 0.2) is 0 Å². The van der Waals surface area contributed by atoms with Crippen molar-refractivity contribution in [2.75, 3.05) is 31.6 Å². The molecule has 0 bridgehead atoms. The van der Waals surface area contributed by atoms with Crippen LogP contribution in [0.5, 0.6) is 5.75 Å². The first-order valence-electron chi connectivity index (χ1n) is 6.93. The van der Waals surface area contributed by atoms with Crippen molar-refractivity contribution >= 4 is 5.69 Å². The van der Waals surface area contributed by atoms with E-state index in [0.29, 0.717) is 6.04 Å². The van der Waals surface area contributed by atoms with E-state index in [9.17, 15) is 0 Å². The molecule has 100 valence electrons. The van der Waals surface area contributed by atoms with E-state index in [1.54, 1.807) is 7.11 Å². The lowest BCUT2D eigenvalue weighted by molar-refractivity contribution is 0.402. The molecule has 1 heterocycles. The molecule has 1 aromatic rings. The van der Waals surface area contributed by atoms with E-state index >= 15 is 0 Å². The molecule has 1 fully saturated rings. The molecule has 1 atom stereocenters. The number of anilines is 1. The molecule has 3 nitrogen and oxygen atoms in total. The molecule has 0 saturated carbocycles. The van der Waals surface area contributed by atoms with E-state index in [4.69, 9.17) is 4.74 Å². The molecule has 0 amide bonds. The van der Waals surface area contributed by atoms with Crippen molar-refractivity contribution in [3.63, 3.8) is 0 Å². The average Bonchev–Trinajstić information content (AvgIpc) is 2.91. The van der Waals surface area contributed by atoms with Crippen LogP contribution >= 0.6 is 0 Å². The van der Waals surface area contributed by atoms with E-state index in [1.807, 2.05) is 0 Å². The Labute approximate surface area is 110 Å². The second-order valence-electron chi connectivity index (χ2n) is 4.87. The summed E-state index contributed by atoms with van der Waals surface area (Å²) in [6.45, 7) is 7.65. The fraction of sp³-hybridized carbons (Fsp3) is 0.600. The van der Waals surface area contributed by atoms with Gasteiger partial charge in [0.1, 0.15) is 5.75 Å². The third-order valence-electron chi connectivity index (χ3n) is 3.65. The van der Waals surface area contributed by atoms with Crippen LogP contribution in [0.3, 0.4) is 0 Å². The quantitative estimate of drug-likeness (QED) is 0.867. The predicted molar refractivity (Wildman–Crippen MR) is 76.5 cm³/mol.